The lowest BCUT2D eigenvalue weighted by Crippen LogP contribution is -2.02. The van der Waals surface area contributed by atoms with Gasteiger partial charge in [-0.3, -0.25) is 0 Å². The van der Waals surface area contributed by atoms with Crippen LogP contribution < -0.4 is 0 Å². The van der Waals surface area contributed by atoms with E-state index in [0.29, 0.717) is 34.4 Å². The summed E-state index contributed by atoms with van der Waals surface area (Å²) in [7, 11) is 0. The number of benzene rings is 6. The summed E-state index contributed by atoms with van der Waals surface area (Å²) in [6, 6.07) is 54.5. The zero-order valence-corrected chi connectivity index (χ0v) is 27.7. The van der Waals surface area contributed by atoms with E-state index in [0.717, 1.165) is 49.7 Å². The summed E-state index contributed by atoms with van der Waals surface area (Å²) in [6.07, 6.45) is 0. The molecule has 1 N–H and O–H groups in total. The molecule has 0 aliphatic carbocycles. The molecule has 4 aromatic heterocycles. The third-order valence-corrected chi connectivity index (χ3v) is 9.54. The number of phenolic OH excluding ortho intramolecular Hbond substituents is 1. The van der Waals surface area contributed by atoms with Gasteiger partial charge in [0.1, 0.15) is 11.4 Å². The van der Waals surface area contributed by atoms with Crippen molar-refractivity contribution < 1.29 is 5.11 Å². The van der Waals surface area contributed by atoms with Gasteiger partial charge in [-0.1, -0.05) is 115 Å². The molecule has 0 bridgehead atoms. The van der Waals surface area contributed by atoms with Crippen molar-refractivity contribution in [3.63, 3.8) is 0 Å². The van der Waals surface area contributed by atoms with E-state index in [-0.39, 0.29) is 5.75 Å². The maximum absolute atomic E-state index is 10.6. The minimum atomic E-state index is 0.177. The van der Waals surface area contributed by atoms with E-state index in [1.54, 1.807) is 12.1 Å². The van der Waals surface area contributed by atoms with Gasteiger partial charge in [-0.05, 0) is 48.5 Å². The summed E-state index contributed by atoms with van der Waals surface area (Å²) in [6.45, 7) is 0. The minimum absolute atomic E-state index is 0.177. The smallest absolute Gasteiger partial charge is 0.182 e. The Morgan fingerprint density at radius 1 is 0.404 bits per heavy atom. The highest BCUT2D eigenvalue weighted by Gasteiger charge is 2.17. The fraction of sp³-hybridized carbons (Fsp3) is 0. The SMILES string of the molecule is Oc1ccccc1-c1ccc2ccc3ccc(-c4nc(-c5ccccc5)nc(-c5cccc(-n6c7ccccc7c7ccccc76)c5)n4)nc3c2n1. The highest BCUT2D eigenvalue weighted by molar-refractivity contribution is 6.09. The van der Waals surface area contributed by atoms with Crippen molar-refractivity contribution in [3.8, 4) is 57.0 Å². The Hall–Kier alpha value is -7.25. The first-order valence-electron chi connectivity index (χ1n) is 17.1. The predicted molar refractivity (Wildman–Crippen MR) is 208 cm³/mol. The third-order valence-electron chi connectivity index (χ3n) is 9.54. The van der Waals surface area contributed by atoms with Crippen molar-refractivity contribution in [2.45, 2.75) is 0 Å². The van der Waals surface area contributed by atoms with Gasteiger partial charge in [0.2, 0.25) is 0 Å². The molecule has 0 atom stereocenters. The standard InChI is InChI=1S/C45H28N6O/c52-40-20-9-6-17-35(40)36-25-23-28-21-22-29-24-26-37(47-42(29)41(28)46-36)45-49-43(30-11-2-1-3-12-30)48-44(50-45)31-13-10-14-32(27-31)51-38-18-7-4-15-33(38)34-16-5-8-19-39(34)51/h1-27,52H. The maximum atomic E-state index is 10.6. The van der Waals surface area contributed by atoms with Crippen LogP contribution in [0.4, 0.5) is 0 Å². The Morgan fingerprint density at radius 2 is 0.942 bits per heavy atom. The van der Waals surface area contributed by atoms with Gasteiger partial charge < -0.3 is 9.67 Å². The fourth-order valence-corrected chi connectivity index (χ4v) is 7.05. The van der Waals surface area contributed by atoms with Crippen molar-refractivity contribution in [2.24, 2.45) is 0 Å². The molecule has 10 aromatic rings. The van der Waals surface area contributed by atoms with Crippen LogP contribution in [0.15, 0.2) is 164 Å². The average Bonchev–Trinajstić information content (AvgIpc) is 3.55. The van der Waals surface area contributed by atoms with E-state index < -0.39 is 0 Å². The van der Waals surface area contributed by atoms with Gasteiger partial charge in [-0.25, -0.2) is 24.9 Å². The van der Waals surface area contributed by atoms with Gasteiger partial charge in [0.25, 0.3) is 0 Å². The molecule has 0 fully saturated rings. The van der Waals surface area contributed by atoms with E-state index in [2.05, 4.69) is 65.2 Å². The summed E-state index contributed by atoms with van der Waals surface area (Å²) < 4.78 is 2.29. The molecular weight excluding hydrogens is 641 g/mol. The van der Waals surface area contributed by atoms with Crippen LogP contribution in [0.5, 0.6) is 5.75 Å². The van der Waals surface area contributed by atoms with E-state index >= 15 is 0 Å². The molecule has 0 unspecified atom stereocenters. The molecule has 52 heavy (non-hydrogen) atoms. The first-order valence-corrected chi connectivity index (χ1v) is 17.1. The topological polar surface area (TPSA) is 89.6 Å². The normalized spacial score (nSPS) is 11.5. The van der Waals surface area contributed by atoms with Crippen LogP contribution >= 0.6 is 0 Å². The molecule has 7 nitrogen and oxygen atoms in total. The molecule has 6 aromatic carbocycles. The second-order valence-electron chi connectivity index (χ2n) is 12.7. The van der Waals surface area contributed by atoms with Gasteiger partial charge in [0, 0.05) is 43.9 Å². The van der Waals surface area contributed by atoms with Crippen LogP contribution in [0.2, 0.25) is 0 Å². The van der Waals surface area contributed by atoms with Crippen LogP contribution in [0.25, 0.3) is 94.9 Å². The Labute approximate surface area is 298 Å². The Bertz CT molecular complexity index is 2940. The number of aromatic hydroxyl groups is 1. The van der Waals surface area contributed by atoms with Crippen molar-refractivity contribution in [3.05, 3.63) is 164 Å². The monoisotopic (exact) mass is 668 g/mol. The van der Waals surface area contributed by atoms with Gasteiger partial charge in [0.15, 0.2) is 17.5 Å². The summed E-state index contributed by atoms with van der Waals surface area (Å²) in [4.78, 5) is 25.2. The Morgan fingerprint density at radius 3 is 1.65 bits per heavy atom. The van der Waals surface area contributed by atoms with Gasteiger partial charge in [0.05, 0.1) is 27.8 Å². The number of rotatable bonds is 5. The molecule has 0 saturated carbocycles. The average molecular weight is 669 g/mol. The van der Waals surface area contributed by atoms with Gasteiger partial charge in [-0.15, -0.1) is 0 Å². The van der Waals surface area contributed by atoms with E-state index in [4.69, 9.17) is 24.9 Å². The van der Waals surface area contributed by atoms with Crippen LogP contribution in [0, 0.1) is 0 Å². The summed E-state index contributed by atoms with van der Waals surface area (Å²) in [5.74, 6) is 1.74. The summed E-state index contributed by atoms with van der Waals surface area (Å²) >= 11 is 0. The number of phenols is 1. The lowest BCUT2D eigenvalue weighted by atomic mass is 10.1. The second-order valence-corrected chi connectivity index (χ2v) is 12.7. The summed E-state index contributed by atoms with van der Waals surface area (Å²) in [5.41, 5.74) is 8.42. The van der Waals surface area contributed by atoms with Crippen LogP contribution in [-0.2, 0) is 0 Å². The molecule has 0 aliphatic heterocycles. The van der Waals surface area contributed by atoms with Crippen molar-refractivity contribution in [1.82, 2.24) is 29.5 Å². The van der Waals surface area contributed by atoms with Crippen molar-refractivity contribution in [1.29, 1.82) is 0 Å². The van der Waals surface area contributed by atoms with E-state index in [9.17, 15) is 5.11 Å². The van der Waals surface area contributed by atoms with Gasteiger partial charge >= 0.3 is 0 Å². The van der Waals surface area contributed by atoms with Gasteiger partial charge in [-0.2, -0.15) is 0 Å². The number of nitrogens with zero attached hydrogens (tertiary/aromatic N) is 6. The lowest BCUT2D eigenvalue weighted by Gasteiger charge is -2.12. The van der Waals surface area contributed by atoms with Crippen molar-refractivity contribution in [2.75, 3.05) is 0 Å². The Balaban J connectivity index is 1.15. The molecule has 0 amide bonds. The highest BCUT2D eigenvalue weighted by Crippen LogP contribution is 2.35. The van der Waals surface area contributed by atoms with Crippen LogP contribution in [0.1, 0.15) is 0 Å². The quantitative estimate of drug-likeness (QED) is 0.184. The maximum Gasteiger partial charge on any atom is 0.182 e. The van der Waals surface area contributed by atoms with Crippen LogP contribution in [-0.4, -0.2) is 34.6 Å². The number of aromatic nitrogens is 6. The Kier molecular flexibility index (Phi) is 6.82. The first kappa shape index (κ1) is 29.6. The summed E-state index contributed by atoms with van der Waals surface area (Å²) in [5, 5.41) is 14.9. The molecule has 0 spiro atoms. The zero-order valence-electron chi connectivity index (χ0n) is 27.7. The largest absolute Gasteiger partial charge is 0.507 e. The molecule has 4 heterocycles. The molecular formula is C45H28N6O. The lowest BCUT2D eigenvalue weighted by molar-refractivity contribution is 0.477. The minimum Gasteiger partial charge on any atom is -0.507 e. The van der Waals surface area contributed by atoms with Crippen LogP contribution in [0.3, 0.4) is 0 Å². The molecule has 0 aliphatic rings. The number of pyridine rings is 2. The third kappa shape index (κ3) is 4.95. The highest BCUT2D eigenvalue weighted by atomic mass is 16.3. The fourth-order valence-electron chi connectivity index (χ4n) is 7.05. The molecule has 0 radical (unpaired) electrons. The predicted octanol–water partition coefficient (Wildman–Crippen LogP) is 10.4. The molecule has 244 valence electrons. The molecule has 0 saturated heterocycles. The first-order chi connectivity index (χ1) is 25.7. The second kappa shape index (κ2) is 12.0. The number of hydrogen-bond acceptors (Lipinski definition) is 6. The van der Waals surface area contributed by atoms with E-state index in [1.165, 1.54) is 10.8 Å². The number of para-hydroxylation sites is 3. The number of fused-ring (bicyclic) bond motifs is 6. The zero-order chi connectivity index (χ0) is 34.6. The number of hydrogen-bond donors (Lipinski definition) is 1. The van der Waals surface area contributed by atoms with Crippen molar-refractivity contribution >= 4 is 43.6 Å². The molecule has 10 rings (SSSR count). The molecule has 7 heteroatoms. The van der Waals surface area contributed by atoms with E-state index in [1.807, 2.05) is 91.0 Å².